The van der Waals surface area contributed by atoms with Gasteiger partial charge in [-0.15, -0.1) is 0 Å². The van der Waals surface area contributed by atoms with Gasteiger partial charge in [0.15, 0.2) is 0 Å². The molecule has 4 nitrogen and oxygen atoms in total. The summed E-state index contributed by atoms with van der Waals surface area (Å²) in [4.78, 5) is 4.10. The maximum Gasteiger partial charge on any atom is 0.0933 e. The number of rotatable bonds is 4. The zero-order valence-electron chi connectivity index (χ0n) is 9.56. The maximum atomic E-state index is 5.56. The molecule has 1 aliphatic rings. The van der Waals surface area contributed by atoms with E-state index in [0.717, 1.165) is 6.54 Å². The summed E-state index contributed by atoms with van der Waals surface area (Å²) in [5.74, 6) is 0. The van der Waals surface area contributed by atoms with Gasteiger partial charge in [0.05, 0.1) is 25.9 Å². The summed E-state index contributed by atoms with van der Waals surface area (Å²) in [6, 6.07) is 4.32. The van der Waals surface area contributed by atoms with E-state index in [4.69, 9.17) is 9.47 Å². The zero-order chi connectivity index (χ0) is 11.2. The molecule has 0 aliphatic carbocycles. The van der Waals surface area contributed by atoms with Gasteiger partial charge in [-0.3, -0.25) is 4.98 Å². The number of nitrogens with one attached hydrogen (secondary N) is 1. The van der Waals surface area contributed by atoms with Crippen LogP contribution in [0.15, 0.2) is 24.5 Å². The highest BCUT2D eigenvalue weighted by molar-refractivity contribution is 5.12. The summed E-state index contributed by atoms with van der Waals surface area (Å²) in [5.41, 5.74) is 1.19. The van der Waals surface area contributed by atoms with Crippen molar-refractivity contribution in [3.05, 3.63) is 30.1 Å². The van der Waals surface area contributed by atoms with Gasteiger partial charge < -0.3 is 14.8 Å². The Morgan fingerprint density at radius 3 is 3.19 bits per heavy atom. The molecule has 1 saturated heterocycles. The van der Waals surface area contributed by atoms with Crippen molar-refractivity contribution in [1.82, 2.24) is 10.3 Å². The molecule has 0 amide bonds. The summed E-state index contributed by atoms with van der Waals surface area (Å²) >= 11 is 0. The lowest BCUT2D eigenvalue weighted by atomic mass is 10.1. The Hall–Kier alpha value is -0.970. The Kier molecular flexibility index (Phi) is 4.27. The molecule has 0 bridgehead atoms. The summed E-state index contributed by atoms with van der Waals surface area (Å²) in [5, 5.41) is 3.42. The van der Waals surface area contributed by atoms with Crippen molar-refractivity contribution in [3.8, 4) is 0 Å². The Morgan fingerprint density at radius 1 is 1.56 bits per heavy atom. The Balaban J connectivity index is 1.77. The second-order valence-electron chi connectivity index (χ2n) is 3.98. The molecule has 2 heterocycles. The molecule has 0 aromatic carbocycles. The van der Waals surface area contributed by atoms with Crippen molar-refractivity contribution >= 4 is 0 Å². The van der Waals surface area contributed by atoms with Crippen molar-refractivity contribution in [2.75, 3.05) is 26.4 Å². The number of ether oxygens (including phenoxy) is 2. The van der Waals surface area contributed by atoms with Crippen LogP contribution in [0.5, 0.6) is 0 Å². The number of aromatic nitrogens is 1. The lowest BCUT2D eigenvalue weighted by molar-refractivity contribution is -0.0869. The lowest BCUT2D eigenvalue weighted by Gasteiger charge is -2.25. The largest absolute Gasteiger partial charge is 0.376 e. The molecule has 2 rings (SSSR count). The fraction of sp³-hybridized carbons (Fsp3) is 0.583. The third-order valence-electron chi connectivity index (χ3n) is 2.72. The van der Waals surface area contributed by atoms with Crippen molar-refractivity contribution in [1.29, 1.82) is 0 Å². The van der Waals surface area contributed by atoms with Crippen molar-refractivity contribution in [2.45, 2.75) is 19.1 Å². The molecule has 0 saturated carbocycles. The Labute approximate surface area is 96.0 Å². The van der Waals surface area contributed by atoms with Crippen LogP contribution in [0.4, 0.5) is 0 Å². The molecule has 16 heavy (non-hydrogen) atoms. The number of nitrogens with zero attached hydrogens (tertiary/aromatic N) is 1. The highest BCUT2D eigenvalue weighted by Gasteiger charge is 2.15. The minimum Gasteiger partial charge on any atom is -0.376 e. The average Bonchev–Trinajstić information content (AvgIpc) is 2.38. The van der Waals surface area contributed by atoms with Crippen LogP contribution in [0.25, 0.3) is 0 Å². The highest BCUT2D eigenvalue weighted by Crippen LogP contribution is 2.10. The first-order chi connectivity index (χ1) is 7.86. The second kappa shape index (κ2) is 5.94. The third-order valence-corrected chi connectivity index (χ3v) is 2.72. The lowest BCUT2D eigenvalue weighted by Crippen LogP contribution is -2.38. The highest BCUT2D eigenvalue weighted by atomic mass is 16.6. The van der Waals surface area contributed by atoms with Crippen LogP contribution in [0.1, 0.15) is 18.5 Å². The predicted octanol–water partition coefficient (Wildman–Crippen LogP) is 1.15. The third kappa shape index (κ3) is 3.27. The van der Waals surface area contributed by atoms with E-state index in [0.29, 0.717) is 25.9 Å². The smallest absolute Gasteiger partial charge is 0.0933 e. The van der Waals surface area contributed by atoms with Gasteiger partial charge in [0.1, 0.15) is 0 Å². The van der Waals surface area contributed by atoms with Gasteiger partial charge in [-0.25, -0.2) is 0 Å². The standard InChI is InChI=1S/C12H18N2O2/c1-10(11-3-2-4-13-7-11)14-8-12-9-15-5-6-16-12/h2-4,7,10,12,14H,5-6,8-9H2,1H3. The first-order valence-corrected chi connectivity index (χ1v) is 5.69. The SMILES string of the molecule is CC(NCC1COCCO1)c1cccnc1. The van der Waals surface area contributed by atoms with Crippen LogP contribution in [0.3, 0.4) is 0 Å². The summed E-state index contributed by atoms with van der Waals surface area (Å²) in [6.07, 6.45) is 3.84. The van der Waals surface area contributed by atoms with Gasteiger partial charge in [0, 0.05) is 25.0 Å². The first-order valence-electron chi connectivity index (χ1n) is 5.69. The molecular formula is C12H18N2O2. The first kappa shape index (κ1) is 11.5. The van der Waals surface area contributed by atoms with E-state index >= 15 is 0 Å². The van der Waals surface area contributed by atoms with Crippen molar-refractivity contribution in [2.24, 2.45) is 0 Å². The molecule has 0 radical (unpaired) electrons. The Bertz CT molecular complexity index is 299. The minimum absolute atomic E-state index is 0.174. The number of hydrogen-bond donors (Lipinski definition) is 1. The fourth-order valence-corrected chi connectivity index (χ4v) is 1.71. The van der Waals surface area contributed by atoms with Gasteiger partial charge in [0.2, 0.25) is 0 Å². The number of pyridine rings is 1. The molecular weight excluding hydrogens is 204 g/mol. The molecule has 1 fully saturated rings. The van der Waals surface area contributed by atoms with Crippen LogP contribution >= 0.6 is 0 Å². The van der Waals surface area contributed by atoms with Crippen LogP contribution in [-0.2, 0) is 9.47 Å². The van der Waals surface area contributed by atoms with Gasteiger partial charge in [0.25, 0.3) is 0 Å². The van der Waals surface area contributed by atoms with Crippen LogP contribution in [-0.4, -0.2) is 37.5 Å². The normalized spacial score (nSPS) is 22.9. The predicted molar refractivity (Wildman–Crippen MR) is 61.2 cm³/mol. The van der Waals surface area contributed by atoms with Crippen LogP contribution in [0, 0.1) is 0 Å². The maximum absolute atomic E-state index is 5.56. The van der Waals surface area contributed by atoms with Gasteiger partial charge >= 0.3 is 0 Å². The molecule has 4 heteroatoms. The summed E-state index contributed by atoms with van der Waals surface area (Å²) in [6.45, 7) is 5.05. The fourth-order valence-electron chi connectivity index (χ4n) is 1.71. The van der Waals surface area contributed by atoms with E-state index in [1.165, 1.54) is 5.56 Å². The molecule has 1 aromatic heterocycles. The molecule has 0 spiro atoms. The quantitative estimate of drug-likeness (QED) is 0.830. The van der Waals surface area contributed by atoms with E-state index in [9.17, 15) is 0 Å². The van der Waals surface area contributed by atoms with E-state index in [2.05, 4.69) is 23.3 Å². The summed E-state index contributed by atoms with van der Waals surface area (Å²) in [7, 11) is 0. The molecule has 88 valence electrons. The van der Waals surface area contributed by atoms with Crippen LogP contribution < -0.4 is 5.32 Å². The molecule has 1 aromatic rings. The molecule has 1 N–H and O–H groups in total. The van der Waals surface area contributed by atoms with Crippen LogP contribution in [0.2, 0.25) is 0 Å². The van der Waals surface area contributed by atoms with Gasteiger partial charge in [-0.05, 0) is 18.6 Å². The van der Waals surface area contributed by atoms with E-state index < -0.39 is 0 Å². The topological polar surface area (TPSA) is 43.4 Å². The molecule has 2 unspecified atom stereocenters. The molecule has 2 atom stereocenters. The zero-order valence-corrected chi connectivity index (χ0v) is 9.56. The number of hydrogen-bond acceptors (Lipinski definition) is 4. The van der Waals surface area contributed by atoms with E-state index in [1.54, 1.807) is 6.20 Å². The summed E-state index contributed by atoms with van der Waals surface area (Å²) < 4.78 is 10.9. The average molecular weight is 222 g/mol. The van der Waals surface area contributed by atoms with E-state index in [1.807, 2.05) is 12.3 Å². The van der Waals surface area contributed by atoms with Gasteiger partial charge in [-0.2, -0.15) is 0 Å². The molecule has 1 aliphatic heterocycles. The monoisotopic (exact) mass is 222 g/mol. The van der Waals surface area contributed by atoms with Crippen molar-refractivity contribution in [3.63, 3.8) is 0 Å². The second-order valence-corrected chi connectivity index (χ2v) is 3.98. The minimum atomic E-state index is 0.174. The van der Waals surface area contributed by atoms with Gasteiger partial charge in [-0.1, -0.05) is 6.07 Å². The Morgan fingerprint density at radius 2 is 2.50 bits per heavy atom. The van der Waals surface area contributed by atoms with Crippen molar-refractivity contribution < 1.29 is 9.47 Å². The van der Waals surface area contributed by atoms with E-state index in [-0.39, 0.29) is 6.10 Å².